The van der Waals surface area contributed by atoms with Gasteiger partial charge in [0.15, 0.2) is 0 Å². The van der Waals surface area contributed by atoms with E-state index >= 15 is 0 Å². The molecule has 0 saturated heterocycles. The molecule has 190 valence electrons. The van der Waals surface area contributed by atoms with E-state index in [1.54, 1.807) is 6.08 Å². The van der Waals surface area contributed by atoms with Crippen molar-refractivity contribution < 1.29 is 0 Å². The zero-order valence-corrected chi connectivity index (χ0v) is 21.6. The van der Waals surface area contributed by atoms with Gasteiger partial charge in [-0.05, 0) is 35.4 Å². The lowest BCUT2D eigenvalue weighted by Crippen LogP contribution is -2.24. The van der Waals surface area contributed by atoms with Crippen LogP contribution in [0.25, 0.3) is 33.9 Å². The van der Waals surface area contributed by atoms with Crippen LogP contribution in [0, 0.1) is 10.8 Å². The molecule has 4 aromatic carbocycles. The molecule has 0 saturated carbocycles. The maximum absolute atomic E-state index is 8.77. The van der Waals surface area contributed by atoms with E-state index in [2.05, 4.69) is 41.7 Å². The van der Waals surface area contributed by atoms with Gasteiger partial charge < -0.3 is 5.32 Å². The molecule has 7 rings (SSSR count). The van der Waals surface area contributed by atoms with Crippen LogP contribution in [0.5, 0.6) is 0 Å². The summed E-state index contributed by atoms with van der Waals surface area (Å²) in [6.45, 7) is 0. The lowest BCUT2D eigenvalue weighted by molar-refractivity contribution is 0.664. The smallest absolute Gasteiger partial charge is 0.145 e. The Morgan fingerprint density at radius 1 is 0.675 bits per heavy atom. The molecule has 0 bridgehead atoms. The van der Waals surface area contributed by atoms with Gasteiger partial charge in [-0.1, -0.05) is 103 Å². The Bertz CT molecular complexity index is 1890. The quantitative estimate of drug-likeness (QED) is 0.232. The number of allylic oxidation sites excluding steroid dienone is 2. The second-order valence-corrected chi connectivity index (χ2v) is 9.86. The van der Waals surface area contributed by atoms with Crippen LogP contribution in [-0.2, 0) is 0 Å². The third-order valence-electron chi connectivity index (χ3n) is 7.34. The van der Waals surface area contributed by atoms with Crippen LogP contribution in [0.3, 0.4) is 0 Å². The van der Waals surface area contributed by atoms with E-state index in [0.29, 0.717) is 0 Å². The molecule has 0 spiro atoms. The molecule has 0 fully saturated rings. The number of fused-ring (bicyclic) bond motifs is 3. The molecule has 2 aliphatic rings. The van der Waals surface area contributed by atoms with Crippen LogP contribution in [0.2, 0.25) is 0 Å². The van der Waals surface area contributed by atoms with Gasteiger partial charge >= 0.3 is 0 Å². The Hall–Kier alpha value is -5.42. The Kier molecular flexibility index (Phi) is 5.75. The number of hydrogen-bond acceptors (Lipinski definition) is 5. The molecular weight excluding hydrogens is 490 g/mol. The first-order chi connectivity index (χ1) is 19.7. The third kappa shape index (κ3) is 4.14. The minimum absolute atomic E-state index is 0.201. The zero-order valence-electron chi connectivity index (χ0n) is 21.6. The van der Waals surface area contributed by atoms with Crippen LogP contribution >= 0.6 is 0 Å². The topological polar surface area (TPSA) is 85.0 Å². The molecule has 5 heteroatoms. The summed E-state index contributed by atoms with van der Waals surface area (Å²) in [7, 11) is 0. The van der Waals surface area contributed by atoms with Crippen molar-refractivity contribution in [1.82, 2.24) is 10.3 Å². The van der Waals surface area contributed by atoms with Gasteiger partial charge in [0.05, 0.1) is 28.3 Å². The SMILES string of the molecule is N=C1C=Cc2c(-c3ccccc3)nc3cc(C4=NC(c5ccccc5)NC(c5ccccc5)=C4)ccc3c2C1=N. The predicted octanol–water partition coefficient (Wildman–Crippen LogP) is 7.45. The summed E-state index contributed by atoms with van der Waals surface area (Å²) < 4.78 is 0. The second kappa shape index (κ2) is 9.71. The molecule has 1 unspecified atom stereocenters. The molecule has 0 radical (unpaired) electrons. The first-order valence-corrected chi connectivity index (χ1v) is 13.2. The maximum Gasteiger partial charge on any atom is 0.145 e. The van der Waals surface area contributed by atoms with Gasteiger partial charge in [-0.2, -0.15) is 0 Å². The first kappa shape index (κ1) is 23.7. The number of pyridine rings is 1. The van der Waals surface area contributed by atoms with E-state index in [-0.39, 0.29) is 17.6 Å². The van der Waals surface area contributed by atoms with Crippen molar-refractivity contribution in [2.45, 2.75) is 6.17 Å². The first-order valence-electron chi connectivity index (χ1n) is 13.2. The van der Waals surface area contributed by atoms with Gasteiger partial charge in [-0.15, -0.1) is 0 Å². The lowest BCUT2D eigenvalue weighted by atomic mass is 9.87. The summed E-state index contributed by atoms with van der Waals surface area (Å²) >= 11 is 0. The molecule has 40 heavy (non-hydrogen) atoms. The molecule has 3 N–H and O–H groups in total. The monoisotopic (exact) mass is 515 g/mol. The van der Waals surface area contributed by atoms with Crippen molar-refractivity contribution >= 4 is 39.8 Å². The fourth-order valence-corrected chi connectivity index (χ4v) is 5.34. The Balaban J connectivity index is 1.42. The summed E-state index contributed by atoms with van der Waals surface area (Å²) in [5, 5.41) is 21.6. The highest BCUT2D eigenvalue weighted by atomic mass is 15.1. The Morgan fingerprint density at radius 3 is 2.08 bits per heavy atom. The van der Waals surface area contributed by atoms with Crippen LogP contribution in [0.15, 0.2) is 126 Å². The molecule has 1 aromatic heterocycles. The van der Waals surface area contributed by atoms with Crippen molar-refractivity contribution in [3.05, 3.63) is 149 Å². The largest absolute Gasteiger partial charge is 0.360 e. The number of hydrogen-bond donors (Lipinski definition) is 3. The number of aliphatic imine (C=N–C) groups is 1. The summed E-state index contributed by atoms with van der Waals surface area (Å²) in [6, 6.07) is 36.7. The molecule has 1 aliphatic heterocycles. The van der Waals surface area contributed by atoms with Crippen molar-refractivity contribution in [3.8, 4) is 11.3 Å². The molecule has 5 aromatic rings. The standard InChI is InChI=1S/C35H25N5/c36-28-19-18-27-32(33(28)37)26-17-16-25(20-31(26)38-34(27)23-12-6-2-7-13-23)30-21-29(22-10-4-1-5-11-22)39-35(40-30)24-14-8-3-9-15-24/h1-21,35-37,39H. The van der Waals surface area contributed by atoms with Gasteiger partial charge in [0.25, 0.3) is 0 Å². The van der Waals surface area contributed by atoms with Gasteiger partial charge in [0, 0.05) is 33.3 Å². The molecule has 0 amide bonds. The molecule has 1 atom stereocenters. The number of aromatic nitrogens is 1. The van der Waals surface area contributed by atoms with Gasteiger partial charge in [0.1, 0.15) is 6.17 Å². The zero-order chi connectivity index (χ0) is 27.1. The van der Waals surface area contributed by atoms with Crippen molar-refractivity contribution in [1.29, 1.82) is 10.8 Å². The van der Waals surface area contributed by atoms with Gasteiger partial charge in [-0.3, -0.25) is 15.8 Å². The maximum atomic E-state index is 8.77. The van der Waals surface area contributed by atoms with E-state index in [0.717, 1.165) is 61.4 Å². The average molecular weight is 516 g/mol. The molecular formula is C35H25N5. The normalized spacial score (nSPS) is 16.2. The van der Waals surface area contributed by atoms with Crippen molar-refractivity contribution in [2.75, 3.05) is 0 Å². The predicted molar refractivity (Wildman–Crippen MR) is 164 cm³/mol. The van der Waals surface area contributed by atoms with E-state index < -0.39 is 0 Å². The Morgan fingerprint density at radius 2 is 1.35 bits per heavy atom. The minimum atomic E-state index is -0.234. The Labute approximate surface area is 232 Å². The molecule has 1 aliphatic carbocycles. The number of benzene rings is 4. The van der Waals surface area contributed by atoms with Crippen LogP contribution in [-0.4, -0.2) is 22.1 Å². The fourth-order valence-electron chi connectivity index (χ4n) is 5.34. The highest BCUT2D eigenvalue weighted by Gasteiger charge is 2.24. The molecule has 5 nitrogen and oxygen atoms in total. The summed E-state index contributed by atoms with van der Waals surface area (Å²) in [6.07, 6.45) is 5.45. The molecule has 2 heterocycles. The summed E-state index contributed by atoms with van der Waals surface area (Å²) in [5.41, 5.74) is 9.58. The summed E-state index contributed by atoms with van der Waals surface area (Å²) in [4.78, 5) is 10.2. The minimum Gasteiger partial charge on any atom is -0.360 e. The second-order valence-electron chi connectivity index (χ2n) is 9.86. The number of nitrogens with one attached hydrogen (secondary N) is 3. The van der Waals surface area contributed by atoms with Crippen molar-refractivity contribution in [3.63, 3.8) is 0 Å². The van der Waals surface area contributed by atoms with Crippen molar-refractivity contribution in [2.24, 2.45) is 4.99 Å². The summed E-state index contributed by atoms with van der Waals surface area (Å²) in [5.74, 6) is 0. The van der Waals surface area contributed by atoms with E-state index in [4.69, 9.17) is 20.8 Å². The van der Waals surface area contributed by atoms with E-state index in [1.807, 2.05) is 84.9 Å². The number of rotatable bonds is 4. The van der Waals surface area contributed by atoms with E-state index in [9.17, 15) is 0 Å². The van der Waals surface area contributed by atoms with Crippen LogP contribution < -0.4 is 5.32 Å². The average Bonchev–Trinajstić information content (AvgIpc) is 3.03. The van der Waals surface area contributed by atoms with Crippen LogP contribution in [0.1, 0.15) is 34.0 Å². The van der Waals surface area contributed by atoms with Gasteiger partial charge in [0.2, 0.25) is 0 Å². The lowest BCUT2D eigenvalue weighted by Gasteiger charge is -2.25. The highest BCUT2D eigenvalue weighted by molar-refractivity contribution is 6.54. The van der Waals surface area contributed by atoms with E-state index in [1.165, 1.54) is 0 Å². The van der Waals surface area contributed by atoms with Gasteiger partial charge in [-0.25, -0.2) is 4.98 Å². The highest BCUT2D eigenvalue weighted by Crippen LogP contribution is 2.35. The number of nitrogens with zero attached hydrogens (tertiary/aromatic N) is 2. The fraction of sp³-hybridized carbons (Fsp3) is 0.0286. The van der Waals surface area contributed by atoms with Crippen LogP contribution in [0.4, 0.5) is 0 Å². The third-order valence-corrected chi connectivity index (χ3v) is 7.34.